The van der Waals surface area contributed by atoms with Gasteiger partial charge in [0.25, 0.3) is 0 Å². The molecule has 5 heteroatoms. The molecule has 1 atom stereocenters. The highest BCUT2D eigenvalue weighted by Crippen LogP contribution is 2.33. The van der Waals surface area contributed by atoms with Crippen LogP contribution in [0.3, 0.4) is 0 Å². The lowest BCUT2D eigenvalue weighted by Gasteiger charge is -2.20. The van der Waals surface area contributed by atoms with Crippen molar-refractivity contribution < 1.29 is 9.13 Å². The molecule has 1 fully saturated rings. The summed E-state index contributed by atoms with van der Waals surface area (Å²) in [6.45, 7) is 4.77. The van der Waals surface area contributed by atoms with E-state index in [4.69, 9.17) is 27.9 Å². The van der Waals surface area contributed by atoms with Gasteiger partial charge in [-0.05, 0) is 38.8 Å². The molecule has 18 heavy (non-hydrogen) atoms. The van der Waals surface area contributed by atoms with Gasteiger partial charge < -0.3 is 10.1 Å². The minimum absolute atomic E-state index is 0.0667. The van der Waals surface area contributed by atoms with E-state index in [0.29, 0.717) is 12.2 Å². The highest BCUT2D eigenvalue weighted by molar-refractivity contribution is 6.39. The Morgan fingerprint density at radius 2 is 2.00 bits per heavy atom. The van der Waals surface area contributed by atoms with E-state index in [-0.39, 0.29) is 21.8 Å². The van der Waals surface area contributed by atoms with Gasteiger partial charge >= 0.3 is 0 Å². The topological polar surface area (TPSA) is 21.3 Å². The van der Waals surface area contributed by atoms with Crippen LogP contribution in [0.1, 0.15) is 26.7 Å². The lowest BCUT2D eigenvalue weighted by molar-refractivity contribution is -0.00910. The van der Waals surface area contributed by atoms with E-state index in [1.165, 1.54) is 12.1 Å². The standard InChI is InChI=1S/C13H16Cl2FNO/c1-13(2)4-3-9(18-13)7-17-12-10(14)5-8(16)6-11(12)15/h5-6,9,17H,3-4,7H2,1-2H3. The molecule has 1 aliphatic rings. The Kier molecular flexibility index (Phi) is 4.05. The van der Waals surface area contributed by atoms with E-state index < -0.39 is 5.82 Å². The van der Waals surface area contributed by atoms with E-state index >= 15 is 0 Å². The Morgan fingerprint density at radius 3 is 2.50 bits per heavy atom. The zero-order valence-electron chi connectivity index (χ0n) is 10.4. The molecule has 1 aromatic carbocycles. The maximum absolute atomic E-state index is 13.0. The fraction of sp³-hybridized carbons (Fsp3) is 0.538. The molecule has 100 valence electrons. The molecule has 1 unspecified atom stereocenters. The molecule has 0 aliphatic carbocycles. The Bertz CT molecular complexity index is 428. The Balaban J connectivity index is 1.99. The molecule has 1 heterocycles. The quantitative estimate of drug-likeness (QED) is 0.885. The summed E-state index contributed by atoms with van der Waals surface area (Å²) in [6.07, 6.45) is 2.16. The van der Waals surface area contributed by atoms with Crippen LogP contribution in [-0.4, -0.2) is 18.2 Å². The van der Waals surface area contributed by atoms with Crippen molar-refractivity contribution in [2.75, 3.05) is 11.9 Å². The van der Waals surface area contributed by atoms with Crippen LogP contribution in [0.4, 0.5) is 10.1 Å². The van der Waals surface area contributed by atoms with Gasteiger partial charge in [0.05, 0.1) is 27.4 Å². The van der Waals surface area contributed by atoms with Crippen LogP contribution in [0.25, 0.3) is 0 Å². The first-order valence-corrected chi connectivity index (χ1v) is 6.69. The third-order valence-corrected chi connectivity index (χ3v) is 3.66. The molecule has 2 rings (SSSR count). The smallest absolute Gasteiger partial charge is 0.126 e. The molecule has 0 spiro atoms. The van der Waals surface area contributed by atoms with Gasteiger partial charge in [-0.25, -0.2) is 4.39 Å². The first-order valence-electron chi connectivity index (χ1n) is 5.94. The highest BCUT2D eigenvalue weighted by atomic mass is 35.5. The van der Waals surface area contributed by atoms with Crippen molar-refractivity contribution in [2.24, 2.45) is 0 Å². The molecular formula is C13H16Cl2FNO. The Hall–Kier alpha value is -0.510. The van der Waals surface area contributed by atoms with Crippen LogP contribution >= 0.6 is 23.2 Å². The van der Waals surface area contributed by atoms with Crippen molar-refractivity contribution in [1.29, 1.82) is 0 Å². The van der Waals surface area contributed by atoms with E-state index in [9.17, 15) is 4.39 Å². The van der Waals surface area contributed by atoms with E-state index in [2.05, 4.69) is 19.2 Å². The predicted molar refractivity (Wildman–Crippen MR) is 73.1 cm³/mol. The van der Waals surface area contributed by atoms with Crippen molar-refractivity contribution in [1.82, 2.24) is 0 Å². The summed E-state index contributed by atoms with van der Waals surface area (Å²) < 4.78 is 18.9. The molecule has 1 N–H and O–H groups in total. The number of rotatable bonds is 3. The number of anilines is 1. The third-order valence-electron chi connectivity index (χ3n) is 3.07. The summed E-state index contributed by atoms with van der Waals surface area (Å²) in [7, 11) is 0. The molecule has 0 radical (unpaired) electrons. The molecule has 0 bridgehead atoms. The van der Waals surface area contributed by atoms with Gasteiger partial charge in [0.1, 0.15) is 5.82 Å². The average Bonchev–Trinajstić information content (AvgIpc) is 2.56. The van der Waals surface area contributed by atoms with E-state index in [1.807, 2.05) is 0 Å². The molecule has 2 nitrogen and oxygen atoms in total. The lowest BCUT2D eigenvalue weighted by Crippen LogP contribution is -2.25. The van der Waals surface area contributed by atoms with Gasteiger partial charge in [0.15, 0.2) is 0 Å². The zero-order chi connectivity index (χ0) is 13.3. The van der Waals surface area contributed by atoms with Crippen LogP contribution in [0.15, 0.2) is 12.1 Å². The number of nitrogens with one attached hydrogen (secondary N) is 1. The molecular weight excluding hydrogens is 276 g/mol. The summed E-state index contributed by atoms with van der Waals surface area (Å²) in [5.74, 6) is -0.436. The van der Waals surface area contributed by atoms with Crippen LogP contribution < -0.4 is 5.32 Å². The minimum Gasteiger partial charge on any atom is -0.380 e. The maximum atomic E-state index is 13.0. The van der Waals surface area contributed by atoms with Crippen molar-refractivity contribution >= 4 is 28.9 Å². The number of ether oxygens (including phenoxy) is 1. The van der Waals surface area contributed by atoms with Crippen molar-refractivity contribution in [3.63, 3.8) is 0 Å². The van der Waals surface area contributed by atoms with Gasteiger partial charge in [-0.15, -0.1) is 0 Å². The molecule has 1 saturated heterocycles. The highest BCUT2D eigenvalue weighted by Gasteiger charge is 2.31. The molecule has 0 saturated carbocycles. The summed E-state index contributed by atoms with van der Waals surface area (Å²) in [5.41, 5.74) is 0.496. The van der Waals surface area contributed by atoms with Gasteiger partial charge in [-0.2, -0.15) is 0 Å². The van der Waals surface area contributed by atoms with E-state index in [0.717, 1.165) is 12.8 Å². The molecule has 1 aromatic rings. The normalized spacial score (nSPS) is 22.2. The first-order chi connectivity index (χ1) is 8.37. The van der Waals surface area contributed by atoms with Crippen molar-refractivity contribution in [3.8, 4) is 0 Å². The number of benzene rings is 1. The monoisotopic (exact) mass is 291 g/mol. The van der Waals surface area contributed by atoms with Gasteiger partial charge in [0.2, 0.25) is 0 Å². The summed E-state index contributed by atoms with van der Waals surface area (Å²) in [6, 6.07) is 2.49. The molecule has 0 amide bonds. The van der Waals surface area contributed by atoms with Crippen molar-refractivity contribution in [2.45, 2.75) is 38.4 Å². The lowest BCUT2D eigenvalue weighted by atomic mass is 10.1. The molecule has 0 aromatic heterocycles. The zero-order valence-corrected chi connectivity index (χ0v) is 11.9. The van der Waals surface area contributed by atoms with Crippen LogP contribution in [-0.2, 0) is 4.74 Å². The number of hydrogen-bond acceptors (Lipinski definition) is 2. The van der Waals surface area contributed by atoms with Gasteiger partial charge in [-0.1, -0.05) is 23.2 Å². The second-order valence-electron chi connectivity index (χ2n) is 5.16. The summed E-state index contributed by atoms with van der Waals surface area (Å²) >= 11 is 11.9. The van der Waals surface area contributed by atoms with Crippen molar-refractivity contribution in [3.05, 3.63) is 28.0 Å². The predicted octanol–water partition coefficient (Wildman–Crippen LogP) is 4.50. The number of hydrogen-bond donors (Lipinski definition) is 1. The largest absolute Gasteiger partial charge is 0.380 e. The fourth-order valence-electron chi connectivity index (χ4n) is 2.15. The van der Waals surface area contributed by atoms with Crippen LogP contribution in [0.2, 0.25) is 10.0 Å². The average molecular weight is 292 g/mol. The van der Waals surface area contributed by atoms with Crippen LogP contribution in [0.5, 0.6) is 0 Å². The number of halogens is 3. The fourth-order valence-corrected chi connectivity index (χ4v) is 2.74. The van der Waals surface area contributed by atoms with Gasteiger partial charge in [0, 0.05) is 6.54 Å². The van der Waals surface area contributed by atoms with E-state index in [1.54, 1.807) is 0 Å². The Morgan fingerprint density at radius 1 is 1.39 bits per heavy atom. The SMILES string of the molecule is CC1(C)CCC(CNc2c(Cl)cc(F)cc2Cl)O1. The third kappa shape index (κ3) is 3.28. The molecule has 1 aliphatic heterocycles. The minimum atomic E-state index is -0.436. The Labute approximate surface area is 116 Å². The van der Waals surface area contributed by atoms with Crippen LogP contribution in [0, 0.1) is 5.82 Å². The first kappa shape index (κ1) is 13.9. The second kappa shape index (κ2) is 5.24. The summed E-state index contributed by atoms with van der Waals surface area (Å²) in [5, 5.41) is 3.71. The second-order valence-corrected chi connectivity index (χ2v) is 5.98. The summed E-state index contributed by atoms with van der Waals surface area (Å²) in [4.78, 5) is 0. The maximum Gasteiger partial charge on any atom is 0.126 e. The van der Waals surface area contributed by atoms with Gasteiger partial charge in [-0.3, -0.25) is 0 Å².